The van der Waals surface area contributed by atoms with Crippen molar-refractivity contribution in [3.63, 3.8) is 0 Å². The molecule has 0 radical (unpaired) electrons. The second-order valence-electron chi connectivity index (χ2n) is 6.56. The number of ether oxygens (including phenoxy) is 1. The standard InChI is InChI=1S/C17H23ClN2O4S/c18-15-3-1-13(2-4-15)16(20-6-8-24-9-7-20)11-19-17(21)14-5-10-25(22,23)12-14/h1-4,14,16H,5-12H2,(H,19,21). The molecule has 0 bridgehead atoms. The van der Waals surface area contributed by atoms with Crippen LogP contribution in [0.5, 0.6) is 0 Å². The Balaban J connectivity index is 1.67. The van der Waals surface area contributed by atoms with E-state index in [0.29, 0.717) is 31.2 Å². The van der Waals surface area contributed by atoms with Gasteiger partial charge >= 0.3 is 0 Å². The Hall–Kier alpha value is -1.15. The molecule has 2 aliphatic heterocycles. The van der Waals surface area contributed by atoms with E-state index < -0.39 is 15.8 Å². The van der Waals surface area contributed by atoms with Crippen LogP contribution in [-0.4, -0.2) is 63.6 Å². The second-order valence-corrected chi connectivity index (χ2v) is 9.23. The molecule has 6 nitrogen and oxygen atoms in total. The normalized spacial score (nSPS) is 24.8. The van der Waals surface area contributed by atoms with Crippen molar-refractivity contribution in [2.24, 2.45) is 5.92 Å². The maximum absolute atomic E-state index is 12.4. The van der Waals surface area contributed by atoms with Gasteiger partial charge in [-0.2, -0.15) is 0 Å². The Morgan fingerprint density at radius 1 is 1.28 bits per heavy atom. The molecule has 0 aliphatic carbocycles. The Bertz CT molecular complexity index is 702. The van der Waals surface area contributed by atoms with Crippen molar-refractivity contribution in [1.29, 1.82) is 0 Å². The smallest absolute Gasteiger partial charge is 0.224 e. The van der Waals surface area contributed by atoms with Gasteiger partial charge in [0, 0.05) is 24.7 Å². The van der Waals surface area contributed by atoms with E-state index >= 15 is 0 Å². The molecule has 8 heteroatoms. The van der Waals surface area contributed by atoms with Gasteiger partial charge in [-0.3, -0.25) is 9.69 Å². The van der Waals surface area contributed by atoms with Crippen molar-refractivity contribution in [1.82, 2.24) is 10.2 Å². The highest BCUT2D eigenvalue weighted by Crippen LogP contribution is 2.24. The molecule has 2 heterocycles. The minimum atomic E-state index is -3.06. The third-order valence-corrected chi connectivity index (χ3v) is 6.83. The summed E-state index contributed by atoms with van der Waals surface area (Å²) >= 11 is 5.98. The van der Waals surface area contributed by atoms with Gasteiger partial charge in [-0.25, -0.2) is 8.42 Å². The van der Waals surface area contributed by atoms with Gasteiger partial charge in [0.05, 0.1) is 36.7 Å². The predicted molar refractivity (Wildman–Crippen MR) is 96.4 cm³/mol. The Labute approximate surface area is 153 Å². The zero-order valence-corrected chi connectivity index (χ0v) is 15.6. The Morgan fingerprint density at radius 3 is 2.56 bits per heavy atom. The lowest BCUT2D eigenvalue weighted by Crippen LogP contribution is -2.44. The van der Waals surface area contributed by atoms with Gasteiger partial charge in [-0.05, 0) is 24.1 Å². The van der Waals surface area contributed by atoms with Crippen LogP contribution >= 0.6 is 11.6 Å². The van der Waals surface area contributed by atoms with Crippen molar-refractivity contribution in [3.8, 4) is 0 Å². The first-order valence-electron chi connectivity index (χ1n) is 8.50. The van der Waals surface area contributed by atoms with Crippen molar-refractivity contribution in [3.05, 3.63) is 34.9 Å². The molecule has 2 saturated heterocycles. The fourth-order valence-corrected chi connectivity index (χ4v) is 5.24. The van der Waals surface area contributed by atoms with Gasteiger partial charge in [0.25, 0.3) is 0 Å². The molecule has 25 heavy (non-hydrogen) atoms. The van der Waals surface area contributed by atoms with Crippen LogP contribution in [0.25, 0.3) is 0 Å². The summed E-state index contributed by atoms with van der Waals surface area (Å²) in [7, 11) is -3.06. The number of hydrogen-bond acceptors (Lipinski definition) is 5. The van der Waals surface area contributed by atoms with Crippen LogP contribution in [0.15, 0.2) is 24.3 Å². The van der Waals surface area contributed by atoms with E-state index in [0.717, 1.165) is 18.7 Å². The molecule has 2 fully saturated rings. The highest BCUT2D eigenvalue weighted by atomic mass is 35.5. The van der Waals surface area contributed by atoms with Gasteiger partial charge in [0.15, 0.2) is 9.84 Å². The first-order chi connectivity index (χ1) is 11.9. The van der Waals surface area contributed by atoms with E-state index in [1.54, 1.807) is 0 Å². The maximum Gasteiger partial charge on any atom is 0.224 e. The predicted octanol–water partition coefficient (Wildman–Crippen LogP) is 1.26. The topological polar surface area (TPSA) is 75.7 Å². The van der Waals surface area contributed by atoms with Crippen LogP contribution in [0, 0.1) is 5.92 Å². The van der Waals surface area contributed by atoms with Crippen LogP contribution in [0.2, 0.25) is 5.02 Å². The summed E-state index contributed by atoms with van der Waals surface area (Å²) in [5.41, 5.74) is 1.07. The molecule has 0 saturated carbocycles. The van der Waals surface area contributed by atoms with E-state index in [9.17, 15) is 13.2 Å². The molecule has 138 valence electrons. The molecule has 2 unspecified atom stereocenters. The lowest BCUT2D eigenvalue weighted by atomic mass is 10.0. The fourth-order valence-electron chi connectivity index (χ4n) is 3.38. The molecule has 2 atom stereocenters. The largest absolute Gasteiger partial charge is 0.379 e. The van der Waals surface area contributed by atoms with Gasteiger partial charge < -0.3 is 10.1 Å². The van der Waals surface area contributed by atoms with Crippen LogP contribution in [-0.2, 0) is 19.4 Å². The number of morpholine rings is 1. The molecular formula is C17H23ClN2O4S. The summed E-state index contributed by atoms with van der Waals surface area (Å²) in [5, 5.41) is 3.63. The van der Waals surface area contributed by atoms with Crippen molar-refractivity contribution in [2.75, 3.05) is 44.4 Å². The third-order valence-electron chi connectivity index (χ3n) is 4.81. The molecular weight excluding hydrogens is 364 g/mol. The molecule has 1 amide bonds. The second kappa shape index (κ2) is 8.03. The molecule has 2 aliphatic rings. The van der Waals surface area contributed by atoms with E-state index in [1.165, 1.54) is 0 Å². The lowest BCUT2D eigenvalue weighted by Gasteiger charge is -2.35. The number of hydrogen-bond donors (Lipinski definition) is 1. The quantitative estimate of drug-likeness (QED) is 0.824. The number of nitrogens with zero attached hydrogens (tertiary/aromatic N) is 1. The first kappa shape index (κ1) is 18.6. The van der Waals surface area contributed by atoms with Crippen LogP contribution in [0.1, 0.15) is 18.0 Å². The van der Waals surface area contributed by atoms with Gasteiger partial charge in [-0.1, -0.05) is 23.7 Å². The summed E-state index contributed by atoms with van der Waals surface area (Å²) in [6.45, 7) is 3.36. The Kier molecular flexibility index (Phi) is 5.99. The number of carbonyl (C=O) groups excluding carboxylic acids is 1. The number of amides is 1. The highest BCUT2D eigenvalue weighted by Gasteiger charge is 2.33. The first-order valence-corrected chi connectivity index (χ1v) is 10.7. The summed E-state index contributed by atoms with van der Waals surface area (Å²) in [5.74, 6) is -0.536. The lowest BCUT2D eigenvalue weighted by molar-refractivity contribution is -0.124. The number of carbonyl (C=O) groups is 1. The SMILES string of the molecule is O=C(NCC(c1ccc(Cl)cc1)N1CCOCC1)C1CCS(=O)(=O)C1. The van der Waals surface area contributed by atoms with Crippen LogP contribution in [0.4, 0.5) is 0 Å². The average molecular weight is 387 g/mol. The van der Waals surface area contributed by atoms with E-state index in [-0.39, 0.29) is 23.5 Å². The zero-order chi connectivity index (χ0) is 17.9. The van der Waals surface area contributed by atoms with E-state index in [1.807, 2.05) is 24.3 Å². The van der Waals surface area contributed by atoms with Gasteiger partial charge in [0.1, 0.15) is 0 Å². The summed E-state index contributed by atoms with van der Waals surface area (Å²) in [4.78, 5) is 14.6. The number of nitrogens with one attached hydrogen (secondary N) is 1. The zero-order valence-electron chi connectivity index (χ0n) is 14.0. The van der Waals surface area contributed by atoms with Gasteiger partial charge in [-0.15, -0.1) is 0 Å². The molecule has 3 rings (SSSR count). The number of benzene rings is 1. The van der Waals surface area contributed by atoms with Crippen LogP contribution < -0.4 is 5.32 Å². The maximum atomic E-state index is 12.4. The summed E-state index contributed by atoms with van der Waals surface area (Å²) in [6.07, 6.45) is 0.414. The van der Waals surface area contributed by atoms with E-state index in [2.05, 4.69) is 10.2 Å². The molecule has 1 aromatic carbocycles. The van der Waals surface area contributed by atoms with Crippen LogP contribution in [0.3, 0.4) is 0 Å². The average Bonchev–Trinajstić information content (AvgIpc) is 2.97. The minimum absolute atomic E-state index is 0.0168. The Morgan fingerprint density at radius 2 is 1.96 bits per heavy atom. The van der Waals surface area contributed by atoms with E-state index in [4.69, 9.17) is 16.3 Å². The van der Waals surface area contributed by atoms with Crippen molar-refractivity contribution < 1.29 is 17.9 Å². The highest BCUT2D eigenvalue weighted by molar-refractivity contribution is 7.91. The minimum Gasteiger partial charge on any atom is -0.379 e. The third kappa shape index (κ3) is 4.94. The van der Waals surface area contributed by atoms with Gasteiger partial charge in [0.2, 0.25) is 5.91 Å². The molecule has 0 spiro atoms. The summed E-state index contributed by atoms with van der Waals surface area (Å²) in [6, 6.07) is 7.64. The number of sulfone groups is 1. The number of halogens is 1. The number of rotatable bonds is 5. The fraction of sp³-hybridized carbons (Fsp3) is 0.588. The molecule has 1 N–H and O–H groups in total. The van der Waals surface area contributed by atoms with Crippen molar-refractivity contribution >= 4 is 27.3 Å². The summed E-state index contributed by atoms with van der Waals surface area (Å²) < 4.78 is 28.6. The van der Waals surface area contributed by atoms with Crippen molar-refractivity contribution in [2.45, 2.75) is 12.5 Å². The molecule has 0 aromatic heterocycles. The molecule has 1 aromatic rings. The monoisotopic (exact) mass is 386 g/mol.